The molecule has 2 N–H and O–H groups in total. The lowest BCUT2D eigenvalue weighted by atomic mass is 10.1. The maximum absolute atomic E-state index is 11.2. The zero-order valence-electron chi connectivity index (χ0n) is 11.9. The number of aromatic carboxylic acids is 1. The summed E-state index contributed by atoms with van der Waals surface area (Å²) in [6.07, 6.45) is 0.217. The van der Waals surface area contributed by atoms with Crippen LogP contribution in [0.15, 0.2) is 24.3 Å². The van der Waals surface area contributed by atoms with E-state index >= 15 is 0 Å². The SMILES string of the molecule is CCOc1ccc(Cc2c(C(=O)O)nnn2CC(=O)O)cc1. The number of carboxylic acid groups (broad SMARTS) is 2. The van der Waals surface area contributed by atoms with Crippen LogP contribution in [0, 0.1) is 0 Å². The topological polar surface area (TPSA) is 115 Å². The van der Waals surface area contributed by atoms with E-state index in [0.717, 1.165) is 10.2 Å². The first-order valence-electron chi connectivity index (χ1n) is 6.60. The fourth-order valence-electron chi connectivity index (χ4n) is 1.99. The third kappa shape index (κ3) is 3.60. The maximum atomic E-state index is 11.2. The van der Waals surface area contributed by atoms with Crippen LogP contribution >= 0.6 is 0 Å². The highest BCUT2D eigenvalue weighted by atomic mass is 16.5. The van der Waals surface area contributed by atoms with Crippen molar-refractivity contribution in [3.8, 4) is 5.75 Å². The Kier molecular flexibility index (Phi) is 4.72. The van der Waals surface area contributed by atoms with Crippen molar-refractivity contribution in [3.05, 3.63) is 41.2 Å². The molecule has 0 spiro atoms. The molecule has 1 aromatic carbocycles. The van der Waals surface area contributed by atoms with Gasteiger partial charge in [0.25, 0.3) is 0 Å². The van der Waals surface area contributed by atoms with Crippen LogP contribution in [0.3, 0.4) is 0 Å². The second-order valence-electron chi connectivity index (χ2n) is 4.50. The van der Waals surface area contributed by atoms with Crippen LogP contribution in [0.1, 0.15) is 28.7 Å². The molecule has 0 aliphatic rings. The Hall–Kier alpha value is -2.90. The van der Waals surface area contributed by atoms with E-state index in [1.54, 1.807) is 24.3 Å². The van der Waals surface area contributed by atoms with E-state index in [1.165, 1.54) is 0 Å². The van der Waals surface area contributed by atoms with Gasteiger partial charge in [-0.05, 0) is 24.6 Å². The summed E-state index contributed by atoms with van der Waals surface area (Å²) >= 11 is 0. The molecule has 0 saturated heterocycles. The molecule has 0 aliphatic carbocycles. The number of rotatable bonds is 7. The fourth-order valence-corrected chi connectivity index (χ4v) is 1.99. The van der Waals surface area contributed by atoms with E-state index in [2.05, 4.69) is 10.3 Å². The van der Waals surface area contributed by atoms with Crippen molar-refractivity contribution >= 4 is 11.9 Å². The number of carboxylic acids is 2. The molecule has 0 saturated carbocycles. The van der Waals surface area contributed by atoms with Crippen molar-refractivity contribution in [2.24, 2.45) is 0 Å². The number of hydrogen-bond acceptors (Lipinski definition) is 5. The Morgan fingerprint density at radius 3 is 2.45 bits per heavy atom. The second-order valence-corrected chi connectivity index (χ2v) is 4.50. The molecule has 0 fully saturated rings. The second kappa shape index (κ2) is 6.70. The number of hydrogen-bond donors (Lipinski definition) is 2. The fraction of sp³-hybridized carbons (Fsp3) is 0.286. The van der Waals surface area contributed by atoms with Crippen molar-refractivity contribution in [2.75, 3.05) is 6.61 Å². The molecule has 116 valence electrons. The van der Waals surface area contributed by atoms with Gasteiger partial charge < -0.3 is 14.9 Å². The summed E-state index contributed by atoms with van der Waals surface area (Å²) < 4.78 is 6.42. The molecule has 0 bridgehead atoms. The molecule has 2 aromatic rings. The molecule has 0 aliphatic heterocycles. The van der Waals surface area contributed by atoms with Crippen LogP contribution in [0.5, 0.6) is 5.75 Å². The quantitative estimate of drug-likeness (QED) is 0.785. The van der Waals surface area contributed by atoms with Crippen LogP contribution in [0.25, 0.3) is 0 Å². The third-order valence-electron chi connectivity index (χ3n) is 2.93. The Morgan fingerprint density at radius 1 is 1.23 bits per heavy atom. The number of aliphatic carboxylic acids is 1. The van der Waals surface area contributed by atoms with Gasteiger partial charge in [-0.1, -0.05) is 17.3 Å². The summed E-state index contributed by atoms with van der Waals surface area (Å²) in [6, 6.07) is 7.11. The molecule has 0 atom stereocenters. The third-order valence-corrected chi connectivity index (χ3v) is 2.93. The maximum Gasteiger partial charge on any atom is 0.358 e. The lowest BCUT2D eigenvalue weighted by Gasteiger charge is -2.07. The van der Waals surface area contributed by atoms with Gasteiger partial charge in [0.2, 0.25) is 0 Å². The molecule has 0 amide bonds. The van der Waals surface area contributed by atoms with Gasteiger partial charge in [0.1, 0.15) is 12.3 Å². The summed E-state index contributed by atoms with van der Waals surface area (Å²) in [4.78, 5) is 22.0. The highest BCUT2D eigenvalue weighted by molar-refractivity contribution is 5.86. The van der Waals surface area contributed by atoms with Crippen molar-refractivity contribution in [2.45, 2.75) is 19.9 Å². The van der Waals surface area contributed by atoms with Crippen LogP contribution in [0.2, 0.25) is 0 Å². The first kappa shape index (κ1) is 15.5. The molecule has 1 aromatic heterocycles. The van der Waals surface area contributed by atoms with Crippen molar-refractivity contribution in [1.29, 1.82) is 0 Å². The van der Waals surface area contributed by atoms with Gasteiger partial charge in [0, 0.05) is 6.42 Å². The molecule has 8 heteroatoms. The average Bonchev–Trinajstić information content (AvgIpc) is 2.83. The van der Waals surface area contributed by atoms with E-state index in [9.17, 15) is 9.59 Å². The smallest absolute Gasteiger partial charge is 0.358 e. The molecular formula is C14H15N3O5. The monoisotopic (exact) mass is 305 g/mol. The Morgan fingerprint density at radius 2 is 1.91 bits per heavy atom. The molecule has 1 heterocycles. The van der Waals surface area contributed by atoms with Gasteiger partial charge in [-0.3, -0.25) is 4.79 Å². The largest absolute Gasteiger partial charge is 0.494 e. The number of ether oxygens (including phenoxy) is 1. The van der Waals surface area contributed by atoms with Crippen LogP contribution in [0.4, 0.5) is 0 Å². The van der Waals surface area contributed by atoms with Gasteiger partial charge in [0.05, 0.1) is 12.3 Å². The zero-order valence-corrected chi connectivity index (χ0v) is 11.9. The van der Waals surface area contributed by atoms with Gasteiger partial charge in [0.15, 0.2) is 5.69 Å². The summed E-state index contributed by atoms with van der Waals surface area (Å²) in [5, 5.41) is 25.1. The summed E-state index contributed by atoms with van der Waals surface area (Å²) in [5.41, 5.74) is 0.814. The number of carbonyl (C=O) groups is 2. The number of benzene rings is 1. The lowest BCUT2D eigenvalue weighted by Crippen LogP contribution is -2.14. The molecule has 8 nitrogen and oxygen atoms in total. The minimum absolute atomic E-state index is 0.217. The normalized spacial score (nSPS) is 10.4. The van der Waals surface area contributed by atoms with E-state index in [4.69, 9.17) is 14.9 Å². The van der Waals surface area contributed by atoms with E-state index in [1.807, 2.05) is 6.92 Å². The summed E-state index contributed by atoms with van der Waals surface area (Å²) in [6.45, 7) is 1.99. The lowest BCUT2D eigenvalue weighted by molar-refractivity contribution is -0.138. The molecular weight excluding hydrogens is 290 g/mol. The number of aromatic nitrogens is 3. The molecule has 22 heavy (non-hydrogen) atoms. The Balaban J connectivity index is 2.28. The van der Waals surface area contributed by atoms with Crippen molar-refractivity contribution in [3.63, 3.8) is 0 Å². The van der Waals surface area contributed by atoms with E-state index < -0.39 is 18.5 Å². The van der Waals surface area contributed by atoms with Crippen LogP contribution in [-0.4, -0.2) is 43.8 Å². The van der Waals surface area contributed by atoms with E-state index in [0.29, 0.717) is 12.4 Å². The van der Waals surface area contributed by atoms with Gasteiger partial charge in [-0.2, -0.15) is 0 Å². The first-order valence-corrected chi connectivity index (χ1v) is 6.60. The van der Waals surface area contributed by atoms with Crippen LogP contribution < -0.4 is 4.74 Å². The minimum atomic E-state index is -1.24. The Labute approximate surface area is 125 Å². The Bertz CT molecular complexity index is 678. The minimum Gasteiger partial charge on any atom is -0.494 e. The number of nitrogens with zero attached hydrogens (tertiary/aromatic N) is 3. The standard InChI is InChI=1S/C14H15N3O5/c1-2-22-10-5-3-9(4-6-10)7-11-13(14(20)21)15-16-17(11)8-12(18)19/h3-6H,2,7-8H2,1H3,(H,18,19)(H,20,21). The van der Waals surface area contributed by atoms with Crippen molar-refractivity contribution in [1.82, 2.24) is 15.0 Å². The highest BCUT2D eigenvalue weighted by Crippen LogP contribution is 2.17. The predicted molar refractivity (Wildman–Crippen MR) is 75.0 cm³/mol. The first-order chi connectivity index (χ1) is 10.5. The summed E-state index contributed by atoms with van der Waals surface area (Å²) in [5.74, 6) is -1.64. The van der Waals surface area contributed by atoms with Gasteiger partial charge in [-0.25, -0.2) is 9.48 Å². The predicted octanol–water partition coefficient (Wildman–Crippen LogP) is 1.05. The van der Waals surface area contributed by atoms with Gasteiger partial charge >= 0.3 is 11.9 Å². The van der Waals surface area contributed by atoms with E-state index in [-0.39, 0.29) is 17.8 Å². The van der Waals surface area contributed by atoms with Gasteiger partial charge in [-0.15, -0.1) is 5.10 Å². The molecule has 0 unspecified atom stereocenters. The highest BCUT2D eigenvalue weighted by Gasteiger charge is 2.20. The van der Waals surface area contributed by atoms with Crippen molar-refractivity contribution < 1.29 is 24.5 Å². The molecule has 2 rings (SSSR count). The summed E-state index contributed by atoms with van der Waals surface area (Å²) in [7, 11) is 0. The average molecular weight is 305 g/mol. The molecule has 0 radical (unpaired) electrons. The van der Waals surface area contributed by atoms with Crippen LogP contribution in [-0.2, 0) is 17.8 Å². The zero-order chi connectivity index (χ0) is 16.1.